The maximum Gasteiger partial charge on any atom is 0.0494 e. The van der Waals surface area contributed by atoms with E-state index in [4.69, 9.17) is 0 Å². The first kappa shape index (κ1) is 41.9. The zero-order valence-corrected chi connectivity index (χ0v) is 38.7. The third kappa shape index (κ3) is 9.65. The highest BCUT2D eigenvalue weighted by Gasteiger charge is 2.26. The lowest BCUT2D eigenvalue weighted by Crippen LogP contribution is -2.11. The lowest BCUT2D eigenvalue weighted by atomic mass is 9.82. The molecule has 9 rings (SSSR count). The largest absolute Gasteiger partial charge is 0.314 e. The van der Waals surface area contributed by atoms with Gasteiger partial charge in [-0.15, -0.1) is 0 Å². The van der Waals surface area contributed by atoms with Gasteiger partial charge in [-0.25, -0.2) is 0 Å². The second-order valence-electron chi connectivity index (χ2n) is 17.9. The van der Waals surface area contributed by atoms with Gasteiger partial charge in [-0.2, -0.15) is 0 Å². The number of fused-ring (bicyclic) bond motifs is 1. The average Bonchev–Trinajstić information content (AvgIpc) is 3.69. The van der Waals surface area contributed by atoms with Gasteiger partial charge in [-0.3, -0.25) is 0 Å². The van der Waals surface area contributed by atoms with Crippen LogP contribution in [0.2, 0.25) is 0 Å². The highest BCUT2D eigenvalue weighted by Crippen LogP contribution is 2.44. The zero-order chi connectivity index (χ0) is 43.3. The number of hydrogen-bond acceptors (Lipinski definition) is 2. The first-order chi connectivity index (χ1) is 30.7. The van der Waals surface area contributed by atoms with Gasteiger partial charge >= 0.3 is 0 Å². The number of rotatable bonds is 11. The van der Waals surface area contributed by atoms with E-state index in [1.807, 2.05) is 0 Å². The molecule has 1 heterocycles. The van der Waals surface area contributed by atoms with Crippen molar-refractivity contribution in [3.05, 3.63) is 241 Å². The van der Waals surface area contributed by atoms with E-state index in [1.54, 1.807) is 0 Å². The molecule has 63 heavy (non-hydrogen) atoms. The Kier molecular flexibility index (Phi) is 12.3. The van der Waals surface area contributed by atoms with Crippen molar-refractivity contribution in [3.8, 4) is 33.4 Å². The van der Waals surface area contributed by atoms with Crippen LogP contribution in [-0.2, 0) is 6.42 Å². The number of anilines is 5. The Labute approximate surface area is 388 Å². The summed E-state index contributed by atoms with van der Waals surface area (Å²) in [6.07, 6.45) is 6.61. The Morgan fingerprint density at radius 3 is 1.49 bits per heavy atom. The quantitative estimate of drug-likeness (QED) is 0.119. The summed E-state index contributed by atoms with van der Waals surface area (Å²) >= 11 is 2.50. The summed E-state index contributed by atoms with van der Waals surface area (Å²) in [5.41, 5.74) is 18.5. The Balaban J connectivity index is 1.00. The first-order valence-electron chi connectivity index (χ1n) is 22.0. The van der Waals surface area contributed by atoms with Gasteiger partial charge in [-0.1, -0.05) is 173 Å². The molecule has 1 aliphatic heterocycles. The molecule has 0 spiro atoms. The van der Waals surface area contributed by atoms with Crippen LogP contribution in [0.25, 0.3) is 37.0 Å². The summed E-state index contributed by atoms with van der Waals surface area (Å²) in [7, 11) is 0. The molecular weight excluding hydrogens is 876 g/mol. The van der Waals surface area contributed by atoms with E-state index >= 15 is 0 Å². The van der Waals surface area contributed by atoms with Crippen LogP contribution in [0.15, 0.2) is 224 Å². The van der Waals surface area contributed by atoms with Crippen LogP contribution >= 0.6 is 22.6 Å². The lowest BCUT2D eigenvalue weighted by Gasteiger charge is -2.26. The Bertz CT molecular complexity index is 2750. The number of hydrogen-bond donors (Lipinski definition) is 0. The molecule has 310 valence electrons. The van der Waals surface area contributed by atoms with E-state index in [1.165, 1.54) is 77.1 Å². The number of halogens is 1. The first-order valence-corrected chi connectivity index (χ1v) is 23.1. The number of nitrogens with zero attached hydrogens (tertiary/aromatic N) is 2. The summed E-state index contributed by atoms with van der Waals surface area (Å²) in [6, 6.07) is 74.9. The molecule has 0 radical (unpaired) electrons. The van der Waals surface area contributed by atoms with Crippen molar-refractivity contribution in [1.82, 2.24) is 0 Å². The number of para-hydroxylation sites is 1. The standard InChI is InChI=1S/C60H53IN2/c1-43(42-60(2,3)4)44-20-22-50(23-21-44)58(61)38-37-57-41-52-40-51(30-39-59(52)63(57)53-18-12-7-13-19-53)49-28-35-56(36-29-49)62(54-31-24-47(25-32-54)45-14-8-5-9-15-45)55-33-26-48(27-34-55)46-16-10-6-11-17-46/h5-40,43H,41-42H2,1-4H3/b57-37+,58-38-. The van der Waals surface area contributed by atoms with Crippen molar-refractivity contribution in [2.45, 2.75) is 46.5 Å². The van der Waals surface area contributed by atoms with Crippen LogP contribution in [0, 0.1) is 5.41 Å². The van der Waals surface area contributed by atoms with Crippen molar-refractivity contribution < 1.29 is 0 Å². The summed E-state index contributed by atoms with van der Waals surface area (Å²) < 4.78 is 1.23. The van der Waals surface area contributed by atoms with Gasteiger partial charge in [0.05, 0.1) is 0 Å². The second kappa shape index (κ2) is 18.5. The Morgan fingerprint density at radius 2 is 1.00 bits per heavy atom. The highest BCUT2D eigenvalue weighted by molar-refractivity contribution is 14.1. The number of allylic oxidation sites excluding steroid dienone is 3. The SMILES string of the molecule is CC(CC(C)(C)C)c1ccc(/C(I)=C/C=C2\Cc3cc(-c4ccc(N(c5ccc(-c6ccccc6)cc5)c5ccc(-c6ccccc6)cc5)cc4)ccc3N2c2ccccc2)cc1. The molecule has 8 aromatic carbocycles. The molecule has 1 unspecified atom stereocenters. The zero-order valence-electron chi connectivity index (χ0n) is 36.5. The lowest BCUT2D eigenvalue weighted by molar-refractivity contribution is 0.349. The van der Waals surface area contributed by atoms with Crippen molar-refractivity contribution in [1.29, 1.82) is 0 Å². The van der Waals surface area contributed by atoms with E-state index in [9.17, 15) is 0 Å². The molecule has 0 aromatic heterocycles. The Morgan fingerprint density at radius 1 is 0.556 bits per heavy atom. The molecule has 8 aromatic rings. The molecule has 0 saturated heterocycles. The second-order valence-corrected chi connectivity index (χ2v) is 19.0. The minimum absolute atomic E-state index is 0.309. The molecule has 1 atom stereocenters. The van der Waals surface area contributed by atoms with Gasteiger partial charge in [0.1, 0.15) is 0 Å². The fraction of sp³-hybridized carbons (Fsp3) is 0.133. The van der Waals surface area contributed by atoms with Crippen LogP contribution in [0.1, 0.15) is 56.7 Å². The normalized spacial score (nSPS) is 13.8. The molecule has 0 fully saturated rings. The highest BCUT2D eigenvalue weighted by atomic mass is 127. The summed E-state index contributed by atoms with van der Waals surface area (Å²) in [4.78, 5) is 4.77. The molecule has 0 saturated carbocycles. The van der Waals surface area contributed by atoms with Gasteiger partial charge in [0.2, 0.25) is 0 Å². The molecule has 3 heteroatoms. The third-order valence-electron chi connectivity index (χ3n) is 12.0. The smallest absolute Gasteiger partial charge is 0.0494 e. The molecule has 0 bridgehead atoms. The molecule has 0 N–H and O–H groups in total. The van der Waals surface area contributed by atoms with Gasteiger partial charge in [0.15, 0.2) is 0 Å². The fourth-order valence-corrected chi connectivity index (χ4v) is 9.50. The van der Waals surface area contributed by atoms with Crippen molar-refractivity contribution in [3.63, 3.8) is 0 Å². The maximum atomic E-state index is 2.50. The maximum absolute atomic E-state index is 2.50. The Hall–Kier alpha value is -6.43. The molecule has 2 nitrogen and oxygen atoms in total. The minimum atomic E-state index is 0.309. The minimum Gasteiger partial charge on any atom is -0.314 e. The average molecular weight is 929 g/mol. The van der Waals surface area contributed by atoms with Crippen LogP contribution in [0.3, 0.4) is 0 Å². The molecule has 1 aliphatic rings. The summed E-state index contributed by atoms with van der Waals surface area (Å²) in [5.74, 6) is 0.531. The van der Waals surface area contributed by atoms with Crippen molar-refractivity contribution >= 4 is 54.6 Å². The topological polar surface area (TPSA) is 6.48 Å². The van der Waals surface area contributed by atoms with Crippen molar-refractivity contribution in [2.24, 2.45) is 5.41 Å². The predicted molar refractivity (Wildman–Crippen MR) is 279 cm³/mol. The van der Waals surface area contributed by atoms with E-state index in [0.717, 1.165) is 23.5 Å². The molecule has 0 aliphatic carbocycles. The van der Waals surface area contributed by atoms with E-state index in [0.29, 0.717) is 11.3 Å². The van der Waals surface area contributed by atoms with Gasteiger partial charge in [-0.05, 0) is 163 Å². The van der Waals surface area contributed by atoms with Crippen LogP contribution in [0.4, 0.5) is 28.4 Å². The molecule has 0 amide bonds. The molecular formula is C60H53IN2. The summed E-state index contributed by atoms with van der Waals surface area (Å²) in [6.45, 7) is 9.31. The monoisotopic (exact) mass is 928 g/mol. The van der Waals surface area contributed by atoms with Crippen molar-refractivity contribution in [2.75, 3.05) is 9.80 Å². The van der Waals surface area contributed by atoms with Gasteiger partial charge in [0.25, 0.3) is 0 Å². The van der Waals surface area contributed by atoms with E-state index in [-0.39, 0.29) is 0 Å². The predicted octanol–water partition coefficient (Wildman–Crippen LogP) is 17.8. The van der Waals surface area contributed by atoms with Crippen LogP contribution < -0.4 is 9.80 Å². The summed E-state index contributed by atoms with van der Waals surface area (Å²) in [5, 5.41) is 0. The van der Waals surface area contributed by atoms with E-state index < -0.39 is 0 Å². The van der Waals surface area contributed by atoms with Gasteiger partial charge < -0.3 is 9.80 Å². The van der Waals surface area contributed by atoms with Crippen LogP contribution in [-0.4, -0.2) is 0 Å². The number of benzene rings is 8. The van der Waals surface area contributed by atoms with Crippen LogP contribution in [0.5, 0.6) is 0 Å². The van der Waals surface area contributed by atoms with E-state index in [2.05, 4.69) is 278 Å². The fourth-order valence-electron chi connectivity index (χ4n) is 8.96. The third-order valence-corrected chi connectivity index (χ3v) is 13.0. The van der Waals surface area contributed by atoms with Gasteiger partial charge in [0, 0.05) is 44.1 Å².